The van der Waals surface area contributed by atoms with Gasteiger partial charge in [0, 0.05) is 27.6 Å². The van der Waals surface area contributed by atoms with Crippen LogP contribution < -0.4 is 0 Å². The van der Waals surface area contributed by atoms with Crippen LogP contribution in [0.25, 0.3) is 10.9 Å². The van der Waals surface area contributed by atoms with Gasteiger partial charge in [-0.2, -0.15) is 5.26 Å². The maximum atomic E-state index is 13.1. The fraction of sp³-hybridized carbons (Fsp3) is 0.200. The van der Waals surface area contributed by atoms with Gasteiger partial charge in [-0.1, -0.05) is 43.7 Å². The highest BCUT2D eigenvalue weighted by molar-refractivity contribution is 6.20. The van der Waals surface area contributed by atoms with Gasteiger partial charge in [0.15, 0.2) is 5.78 Å². The number of benzene rings is 2. The highest BCUT2D eigenvalue weighted by Crippen LogP contribution is 2.43. The molecule has 0 aliphatic heterocycles. The Morgan fingerprint density at radius 3 is 2.65 bits per heavy atom. The molecule has 0 spiro atoms. The molecule has 3 nitrogen and oxygen atoms in total. The number of nitrogens with zero attached hydrogens (tertiary/aromatic N) is 1. The Hall–Kier alpha value is -2.86. The Bertz CT molecular complexity index is 1030. The van der Waals surface area contributed by atoms with Crippen molar-refractivity contribution in [2.75, 3.05) is 0 Å². The molecular weight excluding hydrogens is 284 g/mol. The van der Waals surface area contributed by atoms with E-state index in [1.54, 1.807) is 6.07 Å². The van der Waals surface area contributed by atoms with Crippen molar-refractivity contribution >= 4 is 16.7 Å². The predicted octanol–water partition coefficient (Wildman–Crippen LogP) is 4.22. The van der Waals surface area contributed by atoms with Crippen molar-refractivity contribution in [1.82, 2.24) is 4.98 Å². The number of fused-ring (bicyclic) bond motifs is 4. The number of aromatic nitrogens is 1. The number of nitriles is 1. The zero-order valence-corrected chi connectivity index (χ0v) is 13.3. The maximum Gasteiger partial charge on any atom is 0.195 e. The van der Waals surface area contributed by atoms with E-state index in [-0.39, 0.29) is 11.2 Å². The number of H-pyrrole nitrogens is 1. The van der Waals surface area contributed by atoms with Gasteiger partial charge in [0.05, 0.1) is 17.2 Å². The van der Waals surface area contributed by atoms with E-state index in [1.807, 2.05) is 31.2 Å². The van der Waals surface area contributed by atoms with Crippen LogP contribution in [0.15, 0.2) is 36.4 Å². The first-order valence-corrected chi connectivity index (χ1v) is 7.65. The predicted molar refractivity (Wildman–Crippen MR) is 89.8 cm³/mol. The molecule has 4 rings (SSSR count). The molecule has 0 radical (unpaired) electrons. The average molecular weight is 300 g/mol. The van der Waals surface area contributed by atoms with Gasteiger partial charge in [-0.25, -0.2) is 0 Å². The summed E-state index contributed by atoms with van der Waals surface area (Å²) in [5.74, 6) is 0.0604. The quantitative estimate of drug-likeness (QED) is 0.676. The fourth-order valence-electron chi connectivity index (χ4n) is 3.61. The first kappa shape index (κ1) is 13.8. The summed E-state index contributed by atoms with van der Waals surface area (Å²) in [4.78, 5) is 16.5. The van der Waals surface area contributed by atoms with Crippen LogP contribution in [0.4, 0.5) is 0 Å². The molecule has 0 saturated carbocycles. The van der Waals surface area contributed by atoms with E-state index in [0.29, 0.717) is 5.56 Å². The van der Waals surface area contributed by atoms with Gasteiger partial charge in [0.25, 0.3) is 0 Å². The third-order valence-corrected chi connectivity index (χ3v) is 4.87. The molecule has 0 amide bonds. The van der Waals surface area contributed by atoms with E-state index in [2.05, 4.69) is 31.0 Å². The Labute approximate surface area is 134 Å². The molecular formula is C20H16N2O. The minimum absolute atomic E-state index is 0.0604. The summed E-state index contributed by atoms with van der Waals surface area (Å²) in [6, 6.07) is 13.6. The topological polar surface area (TPSA) is 56.6 Å². The number of carbonyl (C=O) groups excluding carboxylic acids is 1. The van der Waals surface area contributed by atoms with E-state index in [9.17, 15) is 4.79 Å². The maximum absolute atomic E-state index is 13.1. The van der Waals surface area contributed by atoms with Crippen LogP contribution >= 0.6 is 0 Å². The molecule has 1 heterocycles. The third kappa shape index (κ3) is 1.72. The summed E-state index contributed by atoms with van der Waals surface area (Å²) in [7, 11) is 0. The second kappa shape index (κ2) is 4.33. The van der Waals surface area contributed by atoms with Crippen LogP contribution in [-0.4, -0.2) is 10.8 Å². The lowest BCUT2D eigenvalue weighted by atomic mass is 9.71. The molecule has 1 N–H and O–H groups in total. The first-order chi connectivity index (χ1) is 10.9. The van der Waals surface area contributed by atoms with E-state index in [0.717, 1.165) is 38.9 Å². The van der Waals surface area contributed by atoms with Crippen molar-refractivity contribution in [3.63, 3.8) is 0 Å². The number of hydrogen-bond donors (Lipinski definition) is 1. The van der Waals surface area contributed by atoms with Gasteiger partial charge in [0.1, 0.15) is 0 Å². The zero-order chi connectivity index (χ0) is 16.4. The van der Waals surface area contributed by atoms with Crippen LogP contribution in [0.5, 0.6) is 0 Å². The first-order valence-electron chi connectivity index (χ1n) is 7.65. The third-order valence-electron chi connectivity index (χ3n) is 4.87. The minimum atomic E-state index is -0.281. The van der Waals surface area contributed by atoms with E-state index >= 15 is 0 Å². The second-order valence-corrected chi connectivity index (χ2v) is 6.75. The molecule has 2 aromatic carbocycles. The van der Waals surface area contributed by atoms with Crippen molar-refractivity contribution < 1.29 is 4.79 Å². The molecule has 112 valence electrons. The van der Waals surface area contributed by atoms with Crippen molar-refractivity contribution in [3.05, 3.63) is 69.9 Å². The fourth-order valence-corrected chi connectivity index (χ4v) is 3.61. The van der Waals surface area contributed by atoms with Crippen LogP contribution in [0.3, 0.4) is 0 Å². The molecule has 0 fully saturated rings. The Morgan fingerprint density at radius 1 is 1.13 bits per heavy atom. The molecule has 0 atom stereocenters. The minimum Gasteiger partial charge on any atom is -0.357 e. The number of aromatic amines is 1. The van der Waals surface area contributed by atoms with E-state index < -0.39 is 0 Å². The molecule has 3 heteroatoms. The number of hydrogen-bond acceptors (Lipinski definition) is 2. The molecule has 0 unspecified atom stereocenters. The van der Waals surface area contributed by atoms with Crippen molar-refractivity contribution in [2.45, 2.75) is 26.2 Å². The number of nitrogens with one attached hydrogen (secondary N) is 1. The number of aryl methyl sites for hydroxylation is 1. The summed E-state index contributed by atoms with van der Waals surface area (Å²) in [6.45, 7) is 6.31. The SMILES string of the molecule is Cc1ccc2c(c1)C(C)(C)c1[nH]c3cc(C#N)ccc3c1C2=O. The summed E-state index contributed by atoms with van der Waals surface area (Å²) < 4.78 is 0. The lowest BCUT2D eigenvalue weighted by molar-refractivity contribution is 0.103. The molecule has 23 heavy (non-hydrogen) atoms. The summed E-state index contributed by atoms with van der Waals surface area (Å²) in [6.07, 6.45) is 0. The molecule has 1 aliphatic rings. The standard InChI is InChI=1S/C20H16N2O/c1-11-4-6-13-15(8-11)20(2,3)19-17(18(13)23)14-7-5-12(10-21)9-16(14)22-19/h4-9,22H,1-3H3. The van der Waals surface area contributed by atoms with Crippen molar-refractivity contribution in [3.8, 4) is 6.07 Å². The monoisotopic (exact) mass is 300 g/mol. The highest BCUT2D eigenvalue weighted by atomic mass is 16.1. The smallest absolute Gasteiger partial charge is 0.195 e. The number of carbonyl (C=O) groups is 1. The zero-order valence-electron chi connectivity index (χ0n) is 13.3. The molecule has 0 bridgehead atoms. The summed E-state index contributed by atoms with van der Waals surface area (Å²) in [5, 5.41) is 9.99. The van der Waals surface area contributed by atoms with Crippen LogP contribution in [0.1, 0.15) is 52.2 Å². The normalized spacial score (nSPS) is 15.1. The second-order valence-electron chi connectivity index (χ2n) is 6.75. The largest absolute Gasteiger partial charge is 0.357 e. The van der Waals surface area contributed by atoms with Gasteiger partial charge < -0.3 is 4.98 Å². The number of rotatable bonds is 0. The van der Waals surface area contributed by atoms with Crippen LogP contribution in [0.2, 0.25) is 0 Å². The van der Waals surface area contributed by atoms with E-state index in [4.69, 9.17) is 5.26 Å². The van der Waals surface area contributed by atoms with Gasteiger partial charge >= 0.3 is 0 Å². The lowest BCUT2D eigenvalue weighted by Gasteiger charge is -2.32. The van der Waals surface area contributed by atoms with Gasteiger partial charge in [-0.05, 0) is 24.6 Å². The number of ketones is 1. The Kier molecular flexibility index (Phi) is 2.59. The summed E-state index contributed by atoms with van der Waals surface area (Å²) in [5.41, 5.74) is 5.82. The van der Waals surface area contributed by atoms with Crippen LogP contribution in [-0.2, 0) is 5.41 Å². The van der Waals surface area contributed by atoms with Crippen LogP contribution in [0, 0.1) is 18.3 Å². The molecule has 1 aliphatic carbocycles. The molecule has 1 aromatic heterocycles. The Morgan fingerprint density at radius 2 is 1.91 bits per heavy atom. The van der Waals surface area contributed by atoms with Gasteiger partial charge in [0.2, 0.25) is 0 Å². The van der Waals surface area contributed by atoms with Gasteiger partial charge in [-0.15, -0.1) is 0 Å². The van der Waals surface area contributed by atoms with Crippen molar-refractivity contribution in [1.29, 1.82) is 5.26 Å². The molecule has 0 saturated heterocycles. The summed E-state index contributed by atoms with van der Waals surface area (Å²) >= 11 is 0. The lowest BCUT2D eigenvalue weighted by Crippen LogP contribution is -2.30. The highest BCUT2D eigenvalue weighted by Gasteiger charge is 2.39. The van der Waals surface area contributed by atoms with Crippen molar-refractivity contribution in [2.24, 2.45) is 0 Å². The van der Waals surface area contributed by atoms with E-state index in [1.165, 1.54) is 0 Å². The van der Waals surface area contributed by atoms with Gasteiger partial charge in [-0.3, -0.25) is 4.79 Å². The average Bonchev–Trinajstić information content (AvgIpc) is 2.92. The Balaban J connectivity index is 2.10. The molecule has 3 aromatic rings.